The Morgan fingerprint density at radius 3 is 2.64 bits per heavy atom. The minimum absolute atomic E-state index is 0.214. The van der Waals surface area contributed by atoms with Crippen LogP contribution in [0.4, 0.5) is 5.69 Å². The summed E-state index contributed by atoms with van der Waals surface area (Å²) in [6.07, 6.45) is 1.63. The summed E-state index contributed by atoms with van der Waals surface area (Å²) in [4.78, 5) is 36.9. The molecule has 0 aromatic heterocycles. The molecule has 1 heterocycles. The predicted octanol–water partition coefficient (Wildman–Crippen LogP) is 2.14. The van der Waals surface area contributed by atoms with E-state index in [1.165, 1.54) is 11.8 Å². The van der Waals surface area contributed by atoms with Crippen molar-refractivity contribution in [2.75, 3.05) is 11.5 Å². The van der Waals surface area contributed by atoms with Crippen molar-refractivity contribution in [2.45, 2.75) is 6.92 Å². The number of rotatable bonds is 4. The number of allylic oxidation sites excluding steroid dienone is 1. The summed E-state index contributed by atoms with van der Waals surface area (Å²) in [6, 6.07) is 13.8. The van der Waals surface area contributed by atoms with Crippen LogP contribution in [0.15, 0.2) is 54.2 Å². The van der Waals surface area contributed by atoms with Crippen LogP contribution in [-0.2, 0) is 9.59 Å². The number of anilines is 1. The number of amides is 2. The molecule has 0 saturated carbocycles. The molecule has 1 aliphatic rings. The van der Waals surface area contributed by atoms with Gasteiger partial charge in [-0.1, -0.05) is 24.3 Å². The average molecular weight is 336 g/mol. The van der Waals surface area contributed by atoms with Crippen molar-refractivity contribution < 1.29 is 19.1 Å². The smallest absolute Gasteiger partial charge is 0.255 e. The second-order valence-electron chi connectivity index (χ2n) is 5.56. The first-order chi connectivity index (χ1) is 12.0. The van der Waals surface area contributed by atoms with Crippen LogP contribution in [0.1, 0.15) is 22.8 Å². The highest BCUT2D eigenvalue weighted by molar-refractivity contribution is 6.26. The number of primary amides is 1. The number of nitrogens with zero attached hydrogens (tertiary/aromatic N) is 1. The lowest BCUT2D eigenvalue weighted by atomic mass is 10.1. The zero-order valence-electron chi connectivity index (χ0n) is 13.6. The normalized spacial score (nSPS) is 14.5. The summed E-state index contributed by atoms with van der Waals surface area (Å²) in [6.45, 7) is 1.18. The fourth-order valence-electron chi connectivity index (χ4n) is 2.71. The molecule has 0 atom stereocenters. The number of hydrogen-bond donors (Lipinski definition) is 1. The van der Waals surface area contributed by atoms with Gasteiger partial charge in [-0.15, -0.1) is 0 Å². The van der Waals surface area contributed by atoms with Gasteiger partial charge in [-0.3, -0.25) is 19.3 Å². The summed E-state index contributed by atoms with van der Waals surface area (Å²) < 4.78 is 5.27. The monoisotopic (exact) mass is 336 g/mol. The lowest BCUT2D eigenvalue weighted by molar-refractivity contribution is -0.120. The van der Waals surface area contributed by atoms with Gasteiger partial charge >= 0.3 is 0 Å². The second kappa shape index (κ2) is 6.60. The number of carbonyl (C=O) groups excluding carboxylic acids is 3. The Hall–Kier alpha value is -3.41. The molecule has 2 aromatic carbocycles. The van der Waals surface area contributed by atoms with Crippen LogP contribution < -0.4 is 15.4 Å². The van der Waals surface area contributed by atoms with Gasteiger partial charge in [0.2, 0.25) is 11.7 Å². The van der Waals surface area contributed by atoms with Gasteiger partial charge < -0.3 is 10.5 Å². The molecule has 2 aromatic rings. The molecular weight excluding hydrogens is 320 g/mol. The Bertz CT molecular complexity index is 902. The maximum absolute atomic E-state index is 12.7. The number of Topliss-reactive ketones (excluding diaryl/α,β-unsaturated/α-hetero) is 1. The van der Waals surface area contributed by atoms with E-state index in [9.17, 15) is 14.4 Å². The van der Waals surface area contributed by atoms with Gasteiger partial charge in [0, 0.05) is 12.5 Å². The molecule has 0 saturated heterocycles. The van der Waals surface area contributed by atoms with Gasteiger partial charge in [0.15, 0.2) is 6.61 Å². The Morgan fingerprint density at radius 1 is 1.16 bits per heavy atom. The molecule has 25 heavy (non-hydrogen) atoms. The third-order valence-electron chi connectivity index (χ3n) is 3.72. The van der Waals surface area contributed by atoms with E-state index in [2.05, 4.69) is 0 Å². The van der Waals surface area contributed by atoms with Gasteiger partial charge in [-0.2, -0.15) is 0 Å². The first kappa shape index (κ1) is 16.4. The lowest BCUT2D eigenvalue weighted by Gasteiger charge is -2.16. The SMILES string of the molecule is CC(=O)N1/C(=C\c2cccc(OCC(N)=O)c2)C(=O)c2ccccc21. The van der Waals surface area contributed by atoms with Gasteiger partial charge in [-0.25, -0.2) is 0 Å². The average Bonchev–Trinajstić information content (AvgIpc) is 2.86. The largest absolute Gasteiger partial charge is 0.484 e. The van der Waals surface area contributed by atoms with Crippen molar-refractivity contribution in [3.05, 3.63) is 65.4 Å². The number of nitrogens with two attached hydrogens (primary N) is 1. The van der Waals surface area contributed by atoms with E-state index in [0.717, 1.165) is 0 Å². The fraction of sp³-hybridized carbons (Fsp3) is 0.105. The van der Waals surface area contributed by atoms with Crippen molar-refractivity contribution in [3.8, 4) is 5.75 Å². The Labute approximate surface area is 144 Å². The van der Waals surface area contributed by atoms with E-state index < -0.39 is 5.91 Å². The number of fused-ring (bicyclic) bond motifs is 1. The van der Waals surface area contributed by atoms with Gasteiger partial charge in [-0.05, 0) is 35.9 Å². The molecule has 2 N–H and O–H groups in total. The Kier molecular flexibility index (Phi) is 4.35. The van der Waals surface area contributed by atoms with Gasteiger partial charge in [0.25, 0.3) is 5.91 Å². The fourth-order valence-corrected chi connectivity index (χ4v) is 2.71. The van der Waals surface area contributed by atoms with Crippen LogP contribution in [0.2, 0.25) is 0 Å². The summed E-state index contributed by atoms with van der Waals surface area (Å²) in [5, 5.41) is 0. The topological polar surface area (TPSA) is 89.7 Å². The van der Waals surface area contributed by atoms with Crippen LogP contribution in [0.5, 0.6) is 5.75 Å². The van der Waals surface area contributed by atoms with Crippen molar-refractivity contribution in [2.24, 2.45) is 5.73 Å². The minimum Gasteiger partial charge on any atom is -0.484 e. The van der Waals surface area contributed by atoms with Crippen molar-refractivity contribution in [1.29, 1.82) is 0 Å². The van der Waals surface area contributed by atoms with Crippen LogP contribution >= 0.6 is 0 Å². The molecule has 1 aliphatic heterocycles. The van der Waals surface area contributed by atoms with Crippen molar-refractivity contribution in [1.82, 2.24) is 0 Å². The van der Waals surface area contributed by atoms with E-state index >= 15 is 0 Å². The highest BCUT2D eigenvalue weighted by atomic mass is 16.5. The lowest BCUT2D eigenvalue weighted by Crippen LogP contribution is -2.25. The highest BCUT2D eigenvalue weighted by Crippen LogP contribution is 2.35. The Morgan fingerprint density at radius 2 is 1.92 bits per heavy atom. The van der Waals surface area contributed by atoms with E-state index in [-0.39, 0.29) is 24.0 Å². The van der Waals surface area contributed by atoms with Crippen LogP contribution in [0.25, 0.3) is 6.08 Å². The van der Waals surface area contributed by atoms with Crippen molar-refractivity contribution in [3.63, 3.8) is 0 Å². The Balaban J connectivity index is 1.98. The number of ether oxygens (including phenoxy) is 1. The zero-order chi connectivity index (χ0) is 18.0. The number of para-hydroxylation sites is 1. The number of benzene rings is 2. The minimum atomic E-state index is -0.576. The highest BCUT2D eigenvalue weighted by Gasteiger charge is 2.34. The molecule has 0 radical (unpaired) electrons. The van der Waals surface area contributed by atoms with E-state index in [0.29, 0.717) is 22.6 Å². The maximum Gasteiger partial charge on any atom is 0.255 e. The van der Waals surface area contributed by atoms with Crippen LogP contribution in [0, 0.1) is 0 Å². The zero-order valence-corrected chi connectivity index (χ0v) is 13.6. The molecule has 0 fully saturated rings. The van der Waals surface area contributed by atoms with Gasteiger partial charge in [0.1, 0.15) is 5.75 Å². The third kappa shape index (κ3) is 3.28. The van der Waals surface area contributed by atoms with Crippen molar-refractivity contribution >= 4 is 29.4 Å². The standard InChI is InChI=1S/C19H16N2O4/c1-12(22)21-16-8-3-2-7-15(16)19(24)17(21)10-13-5-4-6-14(9-13)25-11-18(20)23/h2-10H,11H2,1H3,(H2,20,23)/b17-10-. The van der Waals surface area contributed by atoms with E-state index in [4.69, 9.17) is 10.5 Å². The summed E-state index contributed by atoms with van der Waals surface area (Å²) in [5.74, 6) is -0.585. The molecule has 3 rings (SSSR count). The van der Waals surface area contributed by atoms with Crippen LogP contribution in [0.3, 0.4) is 0 Å². The van der Waals surface area contributed by atoms with Gasteiger partial charge in [0.05, 0.1) is 11.4 Å². The molecule has 0 unspecified atom stereocenters. The van der Waals surface area contributed by atoms with E-state index in [1.807, 2.05) is 0 Å². The first-order valence-electron chi connectivity index (χ1n) is 7.64. The third-order valence-corrected chi connectivity index (χ3v) is 3.72. The summed E-state index contributed by atoms with van der Waals surface area (Å²) >= 11 is 0. The molecule has 0 spiro atoms. The summed E-state index contributed by atoms with van der Waals surface area (Å²) in [7, 11) is 0. The molecular formula is C19H16N2O4. The quantitative estimate of drug-likeness (QED) is 0.866. The molecule has 6 nitrogen and oxygen atoms in total. The number of hydrogen-bond acceptors (Lipinski definition) is 4. The molecule has 0 aliphatic carbocycles. The molecule has 2 amide bonds. The van der Waals surface area contributed by atoms with E-state index in [1.54, 1.807) is 54.6 Å². The first-order valence-corrected chi connectivity index (χ1v) is 7.64. The van der Waals surface area contributed by atoms with Crippen LogP contribution in [-0.4, -0.2) is 24.2 Å². The number of carbonyl (C=O) groups is 3. The summed E-state index contributed by atoms with van der Waals surface area (Å²) in [5.41, 5.74) is 7.08. The molecule has 6 heteroatoms. The maximum atomic E-state index is 12.7. The number of ketones is 1. The molecule has 0 bridgehead atoms. The second-order valence-corrected chi connectivity index (χ2v) is 5.56. The predicted molar refractivity (Wildman–Crippen MR) is 93.0 cm³/mol. The molecule has 126 valence electrons.